The molecule has 0 fully saturated rings. The third kappa shape index (κ3) is 12.8. The normalized spacial score (nSPS) is 14.2. The van der Waals surface area contributed by atoms with Crippen LogP contribution in [0, 0.1) is 17.2 Å². The van der Waals surface area contributed by atoms with Crippen molar-refractivity contribution in [2.75, 3.05) is 12.0 Å². The largest absolute Gasteiger partial charge is 0.416 e. The number of allylic oxidation sites excluding steroid dienone is 2. The van der Waals surface area contributed by atoms with Gasteiger partial charge in [0.1, 0.15) is 16.7 Å². The Labute approximate surface area is 197 Å². The number of alkyl halides is 3. The zero-order chi connectivity index (χ0) is 26.2. The molecular weight excluding hydrogens is 455 g/mol. The second-order valence-corrected chi connectivity index (χ2v) is 7.27. The van der Waals surface area contributed by atoms with E-state index in [4.69, 9.17) is 11.0 Å². The Kier molecular flexibility index (Phi) is 16.5. The lowest BCUT2D eigenvalue weighted by molar-refractivity contribution is -0.122. The number of nitrogens with one attached hydrogen (secondary N) is 2. The first-order valence-electron chi connectivity index (χ1n) is 10.6. The lowest BCUT2D eigenvalue weighted by Crippen LogP contribution is -2.35. The molecule has 1 unspecified atom stereocenters. The van der Waals surface area contributed by atoms with Gasteiger partial charge < -0.3 is 11.1 Å². The lowest BCUT2D eigenvalue weighted by Gasteiger charge is -2.20. The minimum atomic E-state index is -4.35. The van der Waals surface area contributed by atoms with Crippen LogP contribution in [-0.4, -0.2) is 34.3 Å². The first-order chi connectivity index (χ1) is 15.5. The lowest BCUT2D eigenvalue weighted by atomic mass is 10.0. The van der Waals surface area contributed by atoms with E-state index in [2.05, 4.69) is 15.3 Å². The van der Waals surface area contributed by atoms with E-state index in [9.17, 15) is 22.8 Å². The van der Waals surface area contributed by atoms with E-state index in [1.807, 2.05) is 41.5 Å². The minimum Gasteiger partial charge on any atom is -0.369 e. The van der Waals surface area contributed by atoms with Gasteiger partial charge in [-0.1, -0.05) is 53.7 Å². The topological polar surface area (TPSA) is 125 Å². The monoisotopic (exact) mass is 489 g/mol. The molecule has 0 radical (unpaired) electrons. The van der Waals surface area contributed by atoms with E-state index in [-0.39, 0.29) is 23.3 Å². The number of thioether (sulfide) groups is 1. The number of carbonyl (C=O) groups is 1. The molecule has 0 aromatic carbocycles. The average Bonchev–Trinajstić information content (AvgIpc) is 2.75. The van der Waals surface area contributed by atoms with Crippen molar-refractivity contribution >= 4 is 23.6 Å². The standard InChI is InChI=1S/C12H16F3NO.C6H6N4OS.2C2H6/c1-8(2)6-11(17)16-10-5-3-4-9(7-10)12(13,14)15;1-12-5-3(2-7)4(11)9-6(8)10-5;2*1-2/h3-4,7-8,10H,5-6H2,1-2H3,(H,16,17);1H3,(H3,8,9,10,11);2*1-2H3. The van der Waals surface area contributed by atoms with Crippen molar-refractivity contribution in [2.45, 2.75) is 71.6 Å². The van der Waals surface area contributed by atoms with Crippen molar-refractivity contribution < 1.29 is 18.0 Å². The maximum atomic E-state index is 12.4. The fraction of sp³-hybridized carbons (Fsp3) is 0.545. The van der Waals surface area contributed by atoms with E-state index in [1.165, 1.54) is 17.8 Å². The number of amides is 1. The summed E-state index contributed by atoms with van der Waals surface area (Å²) < 4.78 is 37.3. The Balaban J connectivity index is 0. The maximum absolute atomic E-state index is 12.4. The number of nitrogens with zero attached hydrogens (tertiary/aromatic N) is 2. The summed E-state index contributed by atoms with van der Waals surface area (Å²) in [6.07, 6.45) is 1.66. The smallest absolute Gasteiger partial charge is 0.369 e. The molecular formula is C22H34F3N5O2S. The molecule has 1 atom stereocenters. The second kappa shape index (κ2) is 16.8. The Bertz CT molecular complexity index is 887. The van der Waals surface area contributed by atoms with Crippen LogP contribution in [0.2, 0.25) is 0 Å². The van der Waals surface area contributed by atoms with Crippen LogP contribution in [0.25, 0.3) is 0 Å². The van der Waals surface area contributed by atoms with Gasteiger partial charge in [0.25, 0.3) is 5.56 Å². The maximum Gasteiger partial charge on any atom is 0.416 e. The van der Waals surface area contributed by atoms with Gasteiger partial charge in [-0.2, -0.15) is 18.4 Å². The van der Waals surface area contributed by atoms with Gasteiger partial charge >= 0.3 is 6.18 Å². The summed E-state index contributed by atoms with van der Waals surface area (Å²) in [5.74, 6) is 0.0154. The molecule has 1 amide bonds. The SMILES string of the molecule is CC.CC.CC(C)CC(=O)NC1C=C(C(F)(F)F)C=CC1.CSc1nc(N)[nH]c(=O)c1C#N. The summed E-state index contributed by atoms with van der Waals surface area (Å²) >= 11 is 1.21. The van der Waals surface area contributed by atoms with Crippen molar-refractivity contribution in [3.05, 3.63) is 39.7 Å². The molecule has 11 heteroatoms. The Hall–Kier alpha value is -2.74. The third-order valence-corrected chi connectivity index (χ3v) is 4.23. The number of nitrogen functional groups attached to an aromatic ring is 1. The number of carbonyl (C=O) groups excluding carboxylic acids is 1. The van der Waals surface area contributed by atoms with E-state index in [1.54, 1.807) is 12.3 Å². The van der Waals surface area contributed by atoms with Crippen molar-refractivity contribution in [2.24, 2.45) is 5.92 Å². The van der Waals surface area contributed by atoms with E-state index in [0.29, 0.717) is 17.9 Å². The summed E-state index contributed by atoms with van der Waals surface area (Å²) in [4.78, 5) is 28.5. The van der Waals surface area contributed by atoms with Crippen LogP contribution in [-0.2, 0) is 4.79 Å². The fourth-order valence-electron chi connectivity index (χ4n) is 2.32. The molecule has 1 heterocycles. The van der Waals surface area contributed by atoms with Gasteiger partial charge in [-0.05, 0) is 24.7 Å². The number of aromatic amines is 1. The van der Waals surface area contributed by atoms with Crippen molar-refractivity contribution in [3.63, 3.8) is 0 Å². The third-order valence-electron chi connectivity index (χ3n) is 3.55. The summed E-state index contributed by atoms with van der Waals surface area (Å²) in [5.41, 5.74) is 4.09. The highest BCUT2D eigenvalue weighted by Gasteiger charge is 2.33. The molecule has 1 aromatic rings. The second-order valence-electron chi connectivity index (χ2n) is 6.48. The van der Waals surface area contributed by atoms with Gasteiger partial charge in [-0.25, -0.2) is 4.98 Å². The zero-order valence-electron chi connectivity index (χ0n) is 20.1. The molecule has 1 aromatic heterocycles. The number of hydrogen-bond acceptors (Lipinski definition) is 6. The number of nitrogens with two attached hydrogens (primary N) is 1. The van der Waals surface area contributed by atoms with Gasteiger partial charge in [0.05, 0.1) is 11.6 Å². The number of aromatic nitrogens is 2. The zero-order valence-corrected chi connectivity index (χ0v) is 20.9. The van der Waals surface area contributed by atoms with Crippen LogP contribution in [0.1, 0.15) is 59.9 Å². The molecule has 1 aliphatic carbocycles. The van der Waals surface area contributed by atoms with Crippen LogP contribution in [0.4, 0.5) is 19.1 Å². The number of hydrogen-bond donors (Lipinski definition) is 3. The van der Waals surface area contributed by atoms with Gasteiger partial charge in [0.15, 0.2) is 0 Å². The van der Waals surface area contributed by atoms with Gasteiger partial charge in [0.2, 0.25) is 11.9 Å². The fourth-order valence-corrected chi connectivity index (χ4v) is 2.86. The summed E-state index contributed by atoms with van der Waals surface area (Å²) in [6.45, 7) is 11.8. The molecule has 4 N–H and O–H groups in total. The van der Waals surface area contributed by atoms with Crippen LogP contribution >= 0.6 is 11.8 Å². The van der Waals surface area contributed by atoms with Gasteiger partial charge in [-0.15, -0.1) is 11.8 Å². The molecule has 33 heavy (non-hydrogen) atoms. The molecule has 0 bridgehead atoms. The van der Waals surface area contributed by atoms with Gasteiger partial charge in [-0.3, -0.25) is 14.6 Å². The first kappa shape index (κ1) is 32.4. The quantitative estimate of drug-likeness (QED) is 0.405. The number of rotatable bonds is 4. The molecule has 2 rings (SSSR count). The predicted molar refractivity (Wildman–Crippen MR) is 128 cm³/mol. The molecule has 0 spiro atoms. The Morgan fingerprint density at radius 2 is 1.94 bits per heavy atom. The highest BCUT2D eigenvalue weighted by molar-refractivity contribution is 7.98. The minimum absolute atomic E-state index is 0.0108. The Morgan fingerprint density at radius 1 is 1.36 bits per heavy atom. The van der Waals surface area contributed by atoms with Crippen molar-refractivity contribution in [3.8, 4) is 6.07 Å². The predicted octanol–water partition coefficient (Wildman–Crippen LogP) is 4.96. The highest BCUT2D eigenvalue weighted by atomic mass is 32.2. The summed E-state index contributed by atoms with van der Waals surface area (Å²) in [6, 6.07) is 1.21. The van der Waals surface area contributed by atoms with Crippen LogP contribution in [0.15, 0.2) is 33.6 Å². The number of halogens is 3. The Morgan fingerprint density at radius 3 is 2.39 bits per heavy atom. The van der Waals surface area contributed by atoms with E-state index < -0.39 is 23.4 Å². The molecule has 0 saturated carbocycles. The molecule has 186 valence electrons. The van der Waals surface area contributed by atoms with Crippen LogP contribution < -0.4 is 16.6 Å². The summed E-state index contributed by atoms with van der Waals surface area (Å²) in [7, 11) is 0. The molecule has 1 aliphatic rings. The summed E-state index contributed by atoms with van der Waals surface area (Å²) in [5, 5.41) is 11.5. The highest BCUT2D eigenvalue weighted by Crippen LogP contribution is 2.29. The number of nitriles is 1. The van der Waals surface area contributed by atoms with E-state index in [0.717, 1.165) is 12.2 Å². The van der Waals surface area contributed by atoms with Crippen molar-refractivity contribution in [1.29, 1.82) is 5.26 Å². The van der Waals surface area contributed by atoms with E-state index >= 15 is 0 Å². The molecule has 7 nitrogen and oxygen atoms in total. The molecule has 0 saturated heterocycles. The van der Waals surface area contributed by atoms with Crippen LogP contribution in [0.3, 0.4) is 0 Å². The average molecular weight is 490 g/mol. The van der Waals surface area contributed by atoms with Gasteiger partial charge in [0, 0.05) is 6.42 Å². The first-order valence-corrected chi connectivity index (χ1v) is 11.8. The van der Waals surface area contributed by atoms with Crippen molar-refractivity contribution in [1.82, 2.24) is 15.3 Å². The van der Waals surface area contributed by atoms with Crippen LogP contribution in [0.5, 0.6) is 0 Å². The number of H-pyrrole nitrogens is 1. The number of anilines is 1. The molecule has 0 aliphatic heterocycles.